The molecule has 0 radical (unpaired) electrons. The van der Waals surface area contributed by atoms with Crippen LogP contribution in [0.5, 0.6) is 0 Å². The molecule has 0 unspecified atom stereocenters. The van der Waals surface area contributed by atoms with Crippen molar-refractivity contribution in [3.63, 3.8) is 0 Å². The summed E-state index contributed by atoms with van der Waals surface area (Å²) in [6.45, 7) is -0.139. The number of aryl methyl sites for hydroxylation is 1. The van der Waals surface area contributed by atoms with Crippen LogP contribution in [0.25, 0.3) is 16.0 Å². The number of thiazole rings is 1. The minimum atomic E-state index is -0.392. The number of fused-ring (bicyclic) bond motifs is 4. The highest BCUT2D eigenvalue weighted by Crippen LogP contribution is 2.31. The van der Waals surface area contributed by atoms with E-state index in [9.17, 15) is 9.59 Å². The SMILES string of the molecule is CN(C)c1nc2ncn3c(=O)n(CC(=O)N[C@H]4CCc5ccccc54)nc3c2s1. The predicted molar refractivity (Wildman–Crippen MR) is 110 cm³/mol. The summed E-state index contributed by atoms with van der Waals surface area (Å²) in [5, 5.41) is 8.20. The van der Waals surface area contributed by atoms with Crippen molar-refractivity contribution >= 4 is 38.4 Å². The third kappa shape index (κ3) is 2.96. The zero-order chi connectivity index (χ0) is 20.1. The van der Waals surface area contributed by atoms with Gasteiger partial charge in [-0.3, -0.25) is 4.79 Å². The summed E-state index contributed by atoms with van der Waals surface area (Å²) >= 11 is 1.41. The van der Waals surface area contributed by atoms with Gasteiger partial charge in [-0.05, 0) is 24.0 Å². The topological polar surface area (TPSA) is 97.4 Å². The first-order valence-electron chi connectivity index (χ1n) is 9.30. The van der Waals surface area contributed by atoms with Crippen LogP contribution in [0.4, 0.5) is 5.13 Å². The predicted octanol–water partition coefficient (Wildman–Crippen LogP) is 1.37. The molecule has 1 N–H and O–H groups in total. The average molecular weight is 409 g/mol. The fraction of sp³-hybridized carbons (Fsp3) is 0.316. The lowest BCUT2D eigenvalue weighted by Gasteiger charge is -2.13. The fourth-order valence-corrected chi connectivity index (χ4v) is 4.62. The van der Waals surface area contributed by atoms with E-state index >= 15 is 0 Å². The van der Waals surface area contributed by atoms with E-state index in [1.165, 1.54) is 32.3 Å². The van der Waals surface area contributed by atoms with Crippen molar-refractivity contribution in [2.24, 2.45) is 0 Å². The molecule has 29 heavy (non-hydrogen) atoms. The van der Waals surface area contributed by atoms with E-state index in [-0.39, 0.29) is 18.5 Å². The summed E-state index contributed by atoms with van der Waals surface area (Å²) < 4.78 is 3.26. The van der Waals surface area contributed by atoms with Crippen LogP contribution in [0.3, 0.4) is 0 Å². The molecule has 1 amide bonds. The van der Waals surface area contributed by atoms with E-state index in [0.29, 0.717) is 11.3 Å². The van der Waals surface area contributed by atoms with Gasteiger partial charge in [-0.25, -0.2) is 18.9 Å². The lowest BCUT2D eigenvalue weighted by atomic mass is 10.1. The molecular formula is C19H19N7O2S. The summed E-state index contributed by atoms with van der Waals surface area (Å²) in [5.74, 6) is -0.236. The lowest BCUT2D eigenvalue weighted by Crippen LogP contribution is -2.34. The standard InChI is InChI=1S/C19H19N7O2S/c1-24(2)18-22-16-15(29-18)17-23-26(19(28)25(17)10-20-16)9-14(27)21-13-8-7-11-5-3-4-6-12(11)13/h3-6,10,13H,7-9H2,1-2H3,(H,21,27)/t13-/m0/s1. The van der Waals surface area contributed by atoms with Gasteiger partial charge < -0.3 is 10.2 Å². The van der Waals surface area contributed by atoms with Crippen molar-refractivity contribution in [3.8, 4) is 0 Å². The molecule has 0 saturated heterocycles. The van der Waals surface area contributed by atoms with E-state index in [4.69, 9.17) is 0 Å². The van der Waals surface area contributed by atoms with E-state index in [2.05, 4.69) is 26.4 Å². The first-order chi connectivity index (χ1) is 14.0. The summed E-state index contributed by atoms with van der Waals surface area (Å²) in [6.07, 6.45) is 3.22. The van der Waals surface area contributed by atoms with Gasteiger partial charge in [-0.15, -0.1) is 5.10 Å². The third-order valence-corrected chi connectivity index (χ3v) is 6.32. The number of amides is 1. The number of carbonyl (C=O) groups is 1. The highest BCUT2D eigenvalue weighted by Gasteiger charge is 2.24. The van der Waals surface area contributed by atoms with Crippen LogP contribution < -0.4 is 15.9 Å². The Hall–Kier alpha value is -3.27. The Bertz CT molecular complexity index is 1300. The Kier molecular flexibility index (Phi) is 4.09. The molecule has 1 aliphatic rings. The molecule has 3 heterocycles. The van der Waals surface area contributed by atoms with Crippen molar-refractivity contribution in [2.75, 3.05) is 19.0 Å². The Balaban J connectivity index is 1.43. The molecule has 1 aromatic carbocycles. The highest BCUT2D eigenvalue weighted by molar-refractivity contribution is 7.22. The molecule has 0 fully saturated rings. The number of nitrogens with one attached hydrogen (secondary N) is 1. The van der Waals surface area contributed by atoms with Crippen LogP contribution in [0, 0.1) is 0 Å². The molecule has 1 atom stereocenters. The maximum Gasteiger partial charge on any atom is 0.352 e. The van der Waals surface area contributed by atoms with Gasteiger partial charge in [0.25, 0.3) is 0 Å². The van der Waals surface area contributed by atoms with Crippen LogP contribution in [0.2, 0.25) is 0 Å². The number of nitrogens with zero attached hydrogens (tertiary/aromatic N) is 6. The second kappa shape index (κ2) is 6.66. The fourth-order valence-electron chi connectivity index (χ4n) is 3.70. The molecule has 148 valence electrons. The van der Waals surface area contributed by atoms with E-state index in [0.717, 1.165) is 28.2 Å². The van der Waals surface area contributed by atoms with Crippen LogP contribution in [0.15, 0.2) is 35.4 Å². The number of anilines is 1. The van der Waals surface area contributed by atoms with Gasteiger partial charge in [-0.2, -0.15) is 4.98 Å². The van der Waals surface area contributed by atoms with E-state index in [1.54, 1.807) is 0 Å². The van der Waals surface area contributed by atoms with E-state index < -0.39 is 5.69 Å². The number of aromatic nitrogens is 5. The van der Waals surface area contributed by atoms with Gasteiger partial charge in [0, 0.05) is 14.1 Å². The minimum Gasteiger partial charge on any atom is -0.354 e. The first-order valence-corrected chi connectivity index (χ1v) is 10.1. The van der Waals surface area contributed by atoms with Crippen molar-refractivity contribution in [3.05, 3.63) is 52.2 Å². The zero-order valence-electron chi connectivity index (χ0n) is 16.0. The smallest absolute Gasteiger partial charge is 0.352 e. The van der Waals surface area contributed by atoms with E-state index in [1.807, 2.05) is 37.2 Å². The molecule has 5 rings (SSSR count). The number of rotatable bonds is 4. The average Bonchev–Trinajstić information content (AvgIpc) is 3.39. The molecular weight excluding hydrogens is 390 g/mol. The summed E-state index contributed by atoms with van der Waals surface area (Å²) in [5.41, 5.74) is 3.02. The molecule has 9 nitrogen and oxygen atoms in total. The lowest BCUT2D eigenvalue weighted by molar-refractivity contribution is -0.122. The van der Waals surface area contributed by atoms with Crippen molar-refractivity contribution in [1.82, 2.24) is 29.5 Å². The molecule has 0 spiro atoms. The maximum absolute atomic E-state index is 12.7. The Morgan fingerprint density at radius 3 is 3.00 bits per heavy atom. The van der Waals surface area contributed by atoms with Gasteiger partial charge in [0.15, 0.2) is 16.4 Å². The molecule has 3 aromatic heterocycles. The summed E-state index contributed by atoms with van der Waals surface area (Å²) in [7, 11) is 3.79. The number of hydrogen-bond donors (Lipinski definition) is 1. The Labute approximate surface area is 169 Å². The van der Waals surface area contributed by atoms with Crippen LogP contribution in [-0.4, -0.2) is 44.2 Å². The highest BCUT2D eigenvalue weighted by atomic mass is 32.1. The van der Waals surface area contributed by atoms with Crippen molar-refractivity contribution in [1.29, 1.82) is 0 Å². The molecule has 4 aromatic rings. The number of benzene rings is 1. The number of hydrogen-bond acceptors (Lipinski definition) is 7. The van der Waals surface area contributed by atoms with Crippen molar-refractivity contribution < 1.29 is 4.79 Å². The first kappa shape index (κ1) is 17.8. The second-order valence-corrected chi connectivity index (χ2v) is 8.26. The zero-order valence-corrected chi connectivity index (χ0v) is 16.8. The molecule has 0 saturated carbocycles. The van der Waals surface area contributed by atoms with Crippen molar-refractivity contribution in [2.45, 2.75) is 25.4 Å². The molecule has 0 bridgehead atoms. The second-order valence-electron chi connectivity index (χ2n) is 7.28. The maximum atomic E-state index is 12.7. The number of carbonyl (C=O) groups excluding carboxylic acids is 1. The summed E-state index contributed by atoms with van der Waals surface area (Å²) in [6, 6.07) is 8.09. The summed E-state index contributed by atoms with van der Waals surface area (Å²) in [4.78, 5) is 35.9. The Morgan fingerprint density at radius 2 is 2.17 bits per heavy atom. The minimum absolute atomic E-state index is 0.0241. The third-order valence-electron chi connectivity index (χ3n) is 5.11. The quantitative estimate of drug-likeness (QED) is 0.547. The van der Waals surface area contributed by atoms with Gasteiger partial charge >= 0.3 is 5.69 Å². The molecule has 0 aliphatic heterocycles. The monoisotopic (exact) mass is 409 g/mol. The van der Waals surface area contributed by atoms with Crippen LogP contribution in [0.1, 0.15) is 23.6 Å². The Morgan fingerprint density at radius 1 is 1.34 bits per heavy atom. The normalized spacial score (nSPS) is 15.7. The molecule has 10 heteroatoms. The van der Waals surface area contributed by atoms with Gasteiger partial charge in [-0.1, -0.05) is 35.6 Å². The molecule has 1 aliphatic carbocycles. The van der Waals surface area contributed by atoms with Gasteiger partial charge in [0.05, 0.1) is 6.04 Å². The van der Waals surface area contributed by atoms with Gasteiger partial charge in [0.2, 0.25) is 5.91 Å². The van der Waals surface area contributed by atoms with Gasteiger partial charge in [0.1, 0.15) is 17.6 Å². The van der Waals surface area contributed by atoms with Crippen LogP contribution in [-0.2, 0) is 17.8 Å². The largest absolute Gasteiger partial charge is 0.354 e. The van der Waals surface area contributed by atoms with Crippen LogP contribution >= 0.6 is 11.3 Å².